The summed E-state index contributed by atoms with van der Waals surface area (Å²) in [6.45, 7) is 6.04. The Morgan fingerprint density at radius 1 is 1.48 bits per heavy atom. The molecule has 0 aromatic carbocycles. The van der Waals surface area contributed by atoms with Gasteiger partial charge in [0.05, 0.1) is 6.54 Å². The van der Waals surface area contributed by atoms with Crippen molar-refractivity contribution in [2.45, 2.75) is 32.4 Å². The summed E-state index contributed by atoms with van der Waals surface area (Å²) < 4.78 is 2.07. The SMILES string of the molecule is CCN(CCn1c(NC2CCNCC2)nc2cccnc21)CC(=O)O. The van der Waals surface area contributed by atoms with Gasteiger partial charge in [-0.1, -0.05) is 6.92 Å². The van der Waals surface area contributed by atoms with E-state index in [0.717, 1.165) is 43.0 Å². The number of carbonyl (C=O) groups is 1. The minimum Gasteiger partial charge on any atom is -0.480 e. The Bertz CT molecular complexity index is 710. The van der Waals surface area contributed by atoms with E-state index in [1.165, 1.54) is 0 Å². The topological polar surface area (TPSA) is 95.3 Å². The summed E-state index contributed by atoms with van der Waals surface area (Å²) in [5.41, 5.74) is 1.70. The number of rotatable bonds is 8. The van der Waals surface area contributed by atoms with Crippen molar-refractivity contribution in [3.05, 3.63) is 18.3 Å². The lowest BCUT2D eigenvalue weighted by Crippen LogP contribution is -2.36. The molecule has 2 aromatic heterocycles. The minimum atomic E-state index is -0.802. The van der Waals surface area contributed by atoms with E-state index in [1.807, 2.05) is 24.0 Å². The summed E-state index contributed by atoms with van der Waals surface area (Å²) in [5.74, 6) is 0.0236. The average molecular weight is 346 g/mol. The molecule has 25 heavy (non-hydrogen) atoms. The maximum Gasteiger partial charge on any atom is 0.317 e. The first kappa shape index (κ1) is 17.6. The predicted molar refractivity (Wildman–Crippen MR) is 96.8 cm³/mol. The highest BCUT2D eigenvalue weighted by molar-refractivity contribution is 5.74. The second-order valence-corrected chi connectivity index (χ2v) is 6.36. The van der Waals surface area contributed by atoms with Gasteiger partial charge in [-0.2, -0.15) is 0 Å². The van der Waals surface area contributed by atoms with Crippen molar-refractivity contribution in [3.63, 3.8) is 0 Å². The van der Waals surface area contributed by atoms with Crippen LogP contribution in [0.25, 0.3) is 11.2 Å². The molecule has 1 aliphatic rings. The number of pyridine rings is 1. The van der Waals surface area contributed by atoms with Crippen molar-refractivity contribution >= 4 is 23.1 Å². The summed E-state index contributed by atoms with van der Waals surface area (Å²) >= 11 is 0. The molecule has 1 aliphatic heterocycles. The van der Waals surface area contributed by atoms with Crippen molar-refractivity contribution in [2.24, 2.45) is 0 Å². The molecule has 2 aromatic rings. The molecule has 0 radical (unpaired) electrons. The van der Waals surface area contributed by atoms with Crippen LogP contribution in [-0.4, -0.2) is 69.3 Å². The van der Waals surface area contributed by atoms with E-state index in [4.69, 9.17) is 10.1 Å². The third kappa shape index (κ3) is 4.46. The second kappa shape index (κ2) is 8.26. The number of aromatic nitrogens is 3. The molecule has 0 saturated carbocycles. The van der Waals surface area contributed by atoms with Crippen molar-refractivity contribution < 1.29 is 9.90 Å². The Kier molecular flexibility index (Phi) is 5.83. The molecule has 1 fully saturated rings. The molecular formula is C17H26N6O2. The fourth-order valence-electron chi connectivity index (χ4n) is 3.21. The molecule has 0 unspecified atom stereocenters. The summed E-state index contributed by atoms with van der Waals surface area (Å²) in [7, 11) is 0. The first-order chi connectivity index (χ1) is 12.2. The molecule has 8 heteroatoms. The number of piperidine rings is 1. The fraction of sp³-hybridized carbons (Fsp3) is 0.588. The van der Waals surface area contributed by atoms with Crippen molar-refractivity contribution in [3.8, 4) is 0 Å². The molecule has 3 rings (SSSR count). The molecule has 0 spiro atoms. The van der Waals surface area contributed by atoms with Crippen LogP contribution in [0.3, 0.4) is 0 Å². The highest BCUT2D eigenvalue weighted by Crippen LogP contribution is 2.20. The van der Waals surface area contributed by atoms with E-state index in [9.17, 15) is 4.79 Å². The van der Waals surface area contributed by atoms with Crippen LogP contribution >= 0.6 is 0 Å². The Morgan fingerprint density at radius 3 is 3.00 bits per heavy atom. The Labute approximate surface area is 147 Å². The fourth-order valence-corrected chi connectivity index (χ4v) is 3.21. The monoisotopic (exact) mass is 346 g/mol. The van der Waals surface area contributed by atoms with Crippen LogP contribution in [0.5, 0.6) is 0 Å². The quantitative estimate of drug-likeness (QED) is 0.656. The number of anilines is 1. The maximum absolute atomic E-state index is 11.0. The van der Waals surface area contributed by atoms with Gasteiger partial charge in [0.2, 0.25) is 5.95 Å². The van der Waals surface area contributed by atoms with Gasteiger partial charge in [-0.25, -0.2) is 9.97 Å². The Balaban J connectivity index is 1.78. The number of imidazole rings is 1. The normalized spacial score (nSPS) is 15.8. The number of nitrogens with zero attached hydrogens (tertiary/aromatic N) is 4. The van der Waals surface area contributed by atoms with Gasteiger partial charge in [0.25, 0.3) is 0 Å². The molecule has 0 bridgehead atoms. The van der Waals surface area contributed by atoms with E-state index in [-0.39, 0.29) is 6.54 Å². The van der Waals surface area contributed by atoms with Crippen LogP contribution in [0.4, 0.5) is 5.95 Å². The van der Waals surface area contributed by atoms with E-state index >= 15 is 0 Å². The van der Waals surface area contributed by atoms with Gasteiger partial charge in [-0.15, -0.1) is 0 Å². The Hall–Kier alpha value is -2.19. The van der Waals surface area contributed by atoms with Crippen LogP contribution in [0.2, 0.25) is 0 Å². The molecular weight excluding hydrogens is 320 g/mol. The number of carboxylic acids is 1. The standard InChI is InChI=1S/C17H26N6O2/c1-2-22(12-15(24)25)10-11-23-16-14(4-3-7-19-16)21-17(23)20-13-5-8-18-9-6-13/h3-4,7,13,18H,2,5-6,8-12H2,1H3,(H,20,21)(H,24,25). The largest absolute Gasteiger partial charge is 0.480 e. The van der Waals surface area contributed by atoms with E-state index < -0.39 is 5.97 Å². The summed E-state index contributed by atoms with van der Waals surface area (Å²) in [6.07, 6.45) is 3.90. The first-order valence-corrected chi connectivity index (χ1v) is 8.90. The summed E-state index contributed by atoms with van der Waals surface area (Å²) in [4.78, 5) is 22.1. The maximum atomic E-state index is 11.0. The van der Waals surface area contributed by atoms with E-state index in [1.54, 1.807) is 6.20 Å². The molecule has 1 saturated heterocycles. The van der Waals surface area contributed by atoms with Gasteiger partial charge < -0.3 is 15.7 Å². The van der Waals surface area contributed by atoms with Gasteiger partial charge in [0.15, 0.2) is 5.65 Å². The van der Waals surface area contributed by atoms with Crippen molar-refractivity contribution in [1.29, 1.82) is 0 Å². The lowest BCUT2D eigenvalue weighted by Gasteiger charge is -2.25. The zero-order valence-electron chi connectivity index (χ0n) is 14.6. The zero-order valence-corrected chi connectivity index (χ0v) is 14.6. The third-order valence-electron chi connectivity index (χ3n) is 4.62. The first-order valence-electron chi connectivity index (χ1n) is 8.90. The van der Waals surface area contributed by atoms with Crippen molar-refractivity contribution in [2.75, 3.05) is 38.0 Å². The highest BCUT2D eigenvalue weighted by Gasteiger charge is 2.18. The van der Waals surface area contributed by atoms with Gasteiger partial charge in [0, 0.05) is 25.3 Å². The van der Waals surface area contributed by atoms with Crippen molar-refractivity contribution in [1.82, 2.24) is 24.8 Å². The number of carboxylic acid groups (broad SMARTS) is 1. The number of hydrogen-bond acceptors (Lipinski definition) is 6. The molecule has 136 valence electrons. The van der Waals surface area contributed by atoms with Gasteiger partial charge in [-0.05, 0) is 44.6 Å². The van der Waals surface area contributed by atoms with Crippen LogP contribution in [0.15, 0.2) is 18.3 Å². The third-order valence-corrected chi connectivity index (χ3v) is 4.62. The minimum absolute atomic E-state index is 0.0492. The van der Waals surface area contributed by atoms with Crippen LogP contribution in [0.1, 0.15) is 19.8 Å². The predicted octanol–water partition coefficient (Wildman–Crippen LogP) is 1.00. The van der Waals surface area contributed by atoms with Crippen LogP contribution in [0, 0.1) is 0 Å². The number of likely N-dealkylation sites (N-methyl/N-ethyl adjacent to an activating group) is 1. The molecule has 8 nitrogen and oxygen atoms in total. The lowest BCUT2D eigenvalue weighted by molar-refractivity contribution is -0.138. The van der Waals surface area contributed by atoms with Crippen LogP contribution in [-0.2, 0) is 11.3 Å². The highest BCUT2D eigenvalue weighted by atomic mass is 16.4. The zero-order chi connectivity index (χ0) is 17.6. The molecule has 3 N–H and O–H groups in total. The smallest absolute Gasteiger partial charge is 0.317 e. The number of hydrogen-bond donors (Lipinski definition) is 3. The number of fused-ring (bicyclic) bond motifs is 1. The molecule has 0 amide bonds. The Morgan fingerprint density at radius 2 is 2.28 bits per heavy atom. The van der Waals surface area contributed by atoms with Gasteiger partial charge in [0.1, 0.15) is 5.52 Å². The number of aliphatic carboxylic acids is 1. The lowest BCUT2D eigenvalue weighted by atomic mass is 10.1. The molecule has 3 heterocycles. The van der Waals surface area contributed by atoms with Gasteiger partial charge in [-0.3, -0.25) is 14.3 Å². The summed E-state index contributed by atoms with van der Waals surface area (Å²) in [6, 6.07) is 4.25. The second-order valence-electron chi connectivity index (χ2n) is 6.36. The molecule has 0 atom stereocenters. The number of nitrogens with one attached hydrogen (secondary N) is 2. The average Bonchev–Trinajstić information content (AvgIpc) is 2.96. The van der Waals surface area contributed by atoms with E-state index in [2.05, 4.69) is 20.2 Å². The van der Waals surface area contributed by atoms with Crippen LogP contribution < -0.4 is 10.6 Å². The van der Waals surface area contributed by atoms with E-state index in [0.29, 0.717) is 25.7 Å². The van der Waals surface area contributed by atoms with Gasteiger partial charge >= 0.3 is 5.97 Å². The summed E-state index contributed by atoms with van der Waals surface area (Å²) in [5, 5.41) is 15.9. The molecule has 0 aliphatic carbocycles.